The van der Waals surface area contributed by atoms with Gasteiger partial charge in [0.2, 0.25) is 5.91 Å². The van der Waals surface area contributed by atoms with Crippen LogP contribution < -0.4 is 5.32 Å². The van der Waals surface area contributed by atoms with Gasteiger partial charge in [-0.05, 0) is 6.92 Å². The highest BCUT2D eigenvalue weighted by Crippen LogP contribution is 2.08. The highest BCUT2D eigenvalue weighted by atomic mass is 16.5. The second kappa shape index (κ2) is 6.92. The van der Waals surface area contributed by atoms with Gasteiger partial charge in [0.15, 0.2) is 0 Å². The highest BCUT2D eigenvalue weighted by Gasteiger charge is 2.32. The second-order valence-corrected chi connectivity index (χ2v) is 3.76. The van der Waals surface area contributed by atoms with Gasteiger partial charge in [-0.25, -0.2) is 4.79 Å². The zero-order valence-electron chi connectivity index (χ0n) is 10.1. The minimum atomic E-state index is -0.519. The molecule has 1 unspecified atom stereocenters. The largest absolute Gasteiger partial charge is 0.464 e. The fraction of sp³-hybridized carbons (Fsp3) is 0.667. The van der Waals surface area contributed by atoms with E-state index in [0.29, 0.717) is 32.7 Å². The predicted octanol–water partition coefficient (Wildman–Crippen LogP) is -0.237. The van der Waals surface area contributed by atoms with Gasteiger partial charge in [-0.3, -0.25) is 4.79 Å². The molecule has 1 fully saturated rings. The maximum Gasteiger partial charge on any atom is 0.330 e. The van der Waals surface area contributed by atoms with Gasteiger partial charge in [0.1, 0.15) is 6.04 Å². The maximum absolute atomic E-state index is 11.9. The number of carbonyl (C=O) groups excluding carboxylic acids is 2. The lowest BCUT2D eigenvalue weighted by Crippen LogP contribution is -2.57. The number of ether oxygens (including phenoxy) is 1. The third kappa shape index (κ3) is 3.75. The van der Waals surface area contributed by atoms with Crippen molar-refractivity contribution in [1.82, 2.24) is 10.2 Å². The molecule has 0 radical (unpaired) electrons. The third-order valence-corrected chi connectivity index (χ3v) is 2.61. The molecular weight excluding hydrogens is 220 g/mol. The molecule has 0 saturated carbocycles. The van der Waals surface area contributed by atoms with Crippen LogP contribution in [0.5, 0.6) is 0 Å². The van der Waals surface area contributed by atoms with Gasteiger partial charge in [-0.15, -0.1) is 12.3 Å². The van der Waals surface area contributed by atoms with E-state index >= 15 is 0 Å². The molecule has 1 N–H and O–H groups in total. The standard InChI is InChI=1S/C12H18N2O3/c1-3-5-6-11(15)14-8-7-13-9-10(14)12(16)17-4-2/h1,10,13H,4-9H2,2H3. The first-order chi connectivity index (χ1) is 8.20. The van der Waals surface area contributed by atoms with E-state index in [2.05, 4.69) is 11.2 Å². The van der Waals surface area contributed by atoms with Crippen molar-refractivity contribution in [3.05, 3.63) is 0 Å². The van der Waals surface area contributed by atoms with E-state index < -0.39 is 6.04 Å². The zero-order chi connectivity index (χ0) is 12.7. The molecule has 1 aliphatic heterocycles. The first kappa shape index (κ1) is 13.5. The minimum Gasteiger partial charge on any atom is -0.464 e. The molecule has 1 amide bonds. The Morgan fingerprint density at radius 2 is 2.35 bits per heavy atom. The number of hydrogen-bond acceptors (Lipinski definition) is 4. The van der Waals surface area contributed by atoms with E-state index in [9.17, 15) is 9.59 Å². The summed E-state index contributed by atoms with van der Waals surface area (Å²) in [4.78, 5) is 25.1. The summed E-state index contributed by atoms with van der Waals surface area (Å²) in [6, 6.07) is -0.519. The SMILES string of the molecule is C#CCCC(=O)N1CCNCC1C(=O)OCC. The second-order valence-electron chi connectivity index (χ2n) is 3.76. The monoisotopic (exact) mass is 238 g/mol. The Balaban J connectivity index is 2.62. The number of amides is 1. The number of hydrogen-bond donors (Lipinski definition) is 1. The van der Waals surface area contributed by atoms with Gasteiger partial charge in [0.05, 0.1) is 6.61 Å². The molecule has 1 saturated heterocycles. The van der Waals surface area contributed by atoms with Gasteiger partial charge < -0.3 is 15.0 Å². The zero-order valence-corrected chi connectivity index (χ0v) is 10.1. The summed E-state index contributed by atoms with van der Waals surface area (Å²) in [5.41, 5.74) is 0. The average Bonchev–Trinajstić information content (AvgIpc) is 2.36. The fourth-order valence-corrected chi connectivity index (χ4v) is 1.77. The summed E-state index contributed by atoms with van der Waals surface area (Å²) < 4.78 is 4.95. The Hall–Kier alpha value is -1.54. The number of carbonyl (C=O) groups is 2. The summed E-state index contributed by atoms with van der Waals surface area (Å²) in [6.45, 7) is 3.73. The normalized spacial score (nSPS) is 19.5. The van der Waals surface area contributed by atoms with E-state index in [1.54, 1.807) is 11.8 Å². The van der Waals surface area contributed by atoms with Crippen molar-refractivity contribution in [2.24, 2.45) is 0 Å². The number of rotatable bonds is 4. The van der Waals surface area contributed by atoms with E-state index in [1.165, 1.54) is 0 Å². The Morgan fingerprint density at radius 1 is 1.59 bits per heavy atom. The summed E-state index contributed by atoms with van der Waals surface area (Å²) >= 11 is 0. The molecule has 5 nitrogen and oxygen atoms in total. The predicted molar refractivity (Wildman–Crippen MR) is 63.1 cm³/mol. The Morgan fingerprint density at radius 3 is 3.00 bits per heavy atom. The lowest BCUT2D eigenvalue weighted by atomic mass is 10.1. The lowest BCUT2D eigenvalue weighted by Gasteiger charge is -2.34. The van der Waals surface area contributed by atoms with Crippen LogP contribution in [0.4, 0.5) is 0 Å². The topological polar surface area (TPSA) is 58.6 Å². The molecule has 94 valence electrons. The molecule has 1 heterocycles. The van der Waals surface area contributed by atoms with E-state index in [4.69, 9.17) is 11.2 Å². The maximum atomic E-state index is 11.9. The summed E-state index contributed by atoms with van der Waals surface area (Å²) in [5, 5.41) is 3.08. The van der Waals surface area contributed by atoms with Crippen LogP contribution in [-0.4, -0.2) is 49.1 Å². The Bertz CT molecular complexity index is 322. The van der Waals surface area contributed by atoms with Gasteiger partial charge in [-0.2, -0.15) is 0 Å². The molecule has 17 heavy (non-hydrogen) atoms. The Labute approximate surface area is 101 Å². The lowest BCUT2D eigenvalue weighted by molar-refractivity contribution is -0.155. The van der Waals surface area contributed by atoms with Crippen molar-refractivity contribution in [1.29, 1.82) is 0 Å². The van der Waals surface area contributed by atoms with Crippen LogP contribution in [0.1, 0.15) is 19.8 Å². The first-order valence-electron chi connectivity index (χ1n) is 5.81. The first-order valence-corrected chi connectivity index (χ1v) is 5.81. The quantitative estimate of drug-likeness (QED) is 0.542. The van der Waals surface area contributed by atoms with E-state index in [1.807, 2.05) is 0 Å². The molecule has 1 aliphatic rings. The van der Waals surface area contributed by atoms with Crippen LogP contribution in [0, 0.1) is 12.3 Å². The van der Waals surface area contributed by atoms with Crippen LogP contribution in [0.2, 0.25) is 0 Å². The van der Waals surface area contributed by atoms with Crippen molar-refractivity contribution in [2.45, 2.75) is 25.8 Å². The summed E-state index contributed by atoms with van der Waals surface area (Å²) in [6.07, 6.45) is 5.81. The number of esters is 1. The number of piperazine rings is 1. The van der Waals surface area contributed by atoms with Gasteiger partial charge >= 0.3 is 5.97 Å². The van der Waals surface area contributed by atoms with Crippen molar-refractivity contribution < 1.29 is 14.3 Å². The number of nitrogens with zero attached hydrogens (tertiary/aromatic N) is 1. The van der Waals surface area contributed by atoms with E-state index in [0.717, 1.165) is 0 Å². The van der Waals surface area contributed by atoms with Gasteiger partial charge in [0.25, 0.3) is 0 Å². The van der Waals surface area contributed by atoms with Crippen LogP contribution in [0.3, 0.4) is 0 Å². The minimum absolute atomic E-state index is 0.0810. The van der Waals surface area contributed by atoms with Crippen molar-refractivity contribution in [2.75, 3.05) is 26.2 Å². The van der Waals surface area contributed by atoms with Gasteiger partial charge in [0, 0.05) is 32.5 Å². The van der Waals surface area contributed by atoms with Gasteiger partial charge in [-0.1, -0.05) is 0 Å². The molecule has 5 heteroatoms. The molecule has 0 aromatic heterocycles. The van der Waals surface area contributed by atoms with Crippen molar-refractivity contribution >= 4 is 11.9 Å². The molecule has 0 spiro atoms. The smallest absolute Gasteiger partial charge is 0.330 e. The molecular formula is C12H18N2O3. The Kier molecular flexibility index (Phi) is 5.50. The highest BCUT2D eigenvalue weighted by molar-refractivity contribution is 5.85. The molecule has 1 atom stereocenters. The molecule has 0 aromatic rings. The number of nitrogens with one attached hydrogen (secondary N) is 1. The van der Waals surface area contributed by atoms with Crippen molar-refractivity contribution in [3.8, 4) is 12.3 Å². The number of terminal acetylenes is 1. The van der Waals surface area contributed by atoms with Crippen LogP contribution in [-0.2, 0) is 14.3 Å². The average molecular weight is 238 g/mol. The van der Waals surface area contributed by atoms with Crippen LogP contribution in [0.15, 0.2) is 0 Å². The molecule has 1 rings (SSSR count). The van der Waals surface area contributed by atoms with E-state index in [-0.39, 0.29) is 18.3 Å². The summed E-state index contributed by atoms with van der Waals surface area (Å²) in [5.74, 6) is 1.99. The van der Waals surface area contributed by atoms with Crippen molar-refractivity contribution in [3.63, 3.8) is 0 Å². The fourth-order valence-electron chi connectivity index (χ4n) is 1.77. The van der Waals surface area contributed by atoms with Crippen LogP contribution >= 0.6 is 0 Å². The molecule has 0 bridgehead atoms. The van der Waals surface area contributed by atoms with Crippen LogP contribution in [0.25, 0.3) is 0 Å². The molecule has 0 aliphatic carbocycles. The summed E-state index contributed by atoms with van der Waals surface area (Å²) in [7, 11) is 0. The molecule has 0 aromatic carbocycles. The third-order valence-electron chi connectivity index (χ3n) is 2.61.